The Morgan fingerprint density at radius 2 is 1.74 bits per heavy atom. The first-order valence-electron chi connectivity index (χ1n) is 13.0. The molecule has 43 heavy (non-hydrogen) atoms. The number of benzene rings is 2. The Balaban J connectivity index is 0.000000250. The Labute approximate surface area is 263 Å². The maximum absolute atomic E-state index is 13.5. The number of rotatable bonds is 11. The van der Waals surface area contributed by atoms with Gasteiger partial charge in [-0.1, -0.05) is 54.4 Å². The number of fused-ring (bicyclic) bond motifs is 1. The summed E-state index contributed by atoms with van der Waals surface area (Å²) < 4.78 is 52.2. The van der Waals surface area contributed by atoms with Crippen LogP contribution in [0.1, 0.15) is 31.9 Å². The predicted molar refractivity (Wildman–Crippen MR) is 164 cm³/mol. The predicted octanol–water partition coefficient (Wildman–Crippen LogP) is 5.89. The highest BCUT2D eigenvalue weighted by atomic mass is 35.5. The fraction of sp³-hybridized carbons (Fsp3) is 0.333. The van der Waals surface area contributed by atoms with Crippen molar-refractivity contribution in [2.45, 2.75) is 39.3 Å². The fourth-order valence-electron chi connectivity index (χ4n) is 3.84. The van der Waals surface area contributed by atoms with E-state index in [0.29, 0.717) is 6.61 Å². The Bertz CT molecular complexity index is 1670. The van der Waals surface area contributed by atoms with Gasteiger partial charge in [0, 0.05) is 12.7 Å². The number of anilines is 2. The van der Waals surface area contributed by atoms with Crippen molar-refractivity contribution in [1.29, 1.82) is 0 Å². The quantitative estimate of drug-likeness (QED) is 0.118. The second-order valence-electron chi connectivity index (χ2n) is 8.67. The molecule has 1 N–H and O–H groups in total. The Hall–Kier alpha value is -3.23. The van der Waals surface area contributed by atoms with Gasteiger partial charge in [0.2, 0.25) is 11.9 Å². The number of hydrogen-bond donors (Lipinski definition) is 1. The number of ether oxygens (including phenoxy) is 2. The molecule has 1 amide bonds. The number of nitrogens with zero attached hydrogens (tertiary/aromatic N) is 5. The molecule has 0 radical (unpaired) electrons. The van der Waals surface area contributed by atoms with Gasteiger partial charge in [0.25, 0.3) is 15.2 Å². The zero-order valence-electron chi connectivity index (χ0n) is 23.8. The first-order chi connectivity index (χ1) is 20.5. The van der Waals surface area contributed by atoms with Gasteiger partial charge in [-0.05, 0) is 50.5 Å². The lowest BCUT2D eigenvalue weighted by Crippen LogP contribution is -2.35. The summed E-state index contributed by atoms with van der Waals surface area (Å²) in [5.41, 5.74) is 3.03. The van der Waals surface area contributed by atoms with Gasteiger partial charge in [0.05, 0.1) is 28.0 Å². The summed E-state index contributed by atoms with van der Waals surface area (Å²) in [6.07, 6.45) is 0.870. The van der Waals surface area contributed by atoms with Crippen LogP contribution in [-0.4, -0.2) is 59.7 Å². The van der Waals surface area contributed by atoms with Crippen molar-refractivity contribution >= 4 is 67.8 Å². The summed E-state index contributed by atoms with van der Waals surface area (Å²) in [6, 6.07) is 11.2. The lowest BCUT2D eigenvalue weighted by molar-refractivity contribution is -0.117. The Morgan fingerprint density at radius 1 is 1.07 bits per heavy atom. The highest BCUT2D eigenvalue weighted by Gasteiger charge is 2.25. The smallest absolute Gasteiger partial charge is 0.322 e. The minimum Gasteiger partial charge on any atom is -0.464 e. The van der Waals surface area contributed by atoms with Crippen LogP contribution in [0, 0.1) is 12.9 Å². The molecular weight excluding hydrogens is 646 g/mol. The van der Waals surface area contributed by atoms with Crippen molar-refractivity contribution in [3.63, 3.8) is 0 Å². The fourth-order valence-corrected chi connectivity index (χ4v) is 5.57. The lowest BCUT2D eigenvalue weighted by Gasteiger charge is -2.25. The number of para-hydroxylation sites is 2. The maximum atomic E-state index is 13.5. The normalized spacial score (nSPS) is 11.2. The number of carbonyl (C=O) groups excluding carboxylic acids is 1. The third-order valence-electron chi connectivity index (χ3n) is 5.77. The molecule has 232 valence electrons. The average Bonchev–Trinajstić information content (AvgIpc) is 3.41. The van der Waals surface area contributed by atoms with Crippen molar-refractivity contribution in [1.82, 2.24) is 19.6 Å². The van der Waals surface area contributed by atoms with Crippen molar-refractivity contribution in [2.24, 2.45) is 0 Å². The molecule has 4 rings (SSSR count). The molecule has 0 aliphatic rings. The van der Waals surface area contributed by atoms with Crippen LogP contribution >= 0.6 is 34.8 Å². The van der Waals surface area contributed by atoms with Crippen LogP contribution < -0.4 is 14.4 Å². The zero-order chi connectivity index (χ0) is 31.7. The van der Waals surface area contributed by atoms with Gasteiger partial charge in [0.1, 0.15) is 12.6 Å². The molecule has 2 heterocycles. The van der Waals surface area contributed by atoms with E-state index >= 15 is 0 Å². The van der Waals surface area contributed by atoms with Crippen molar-refractivity contribution in [3.8, 4) is 6.01 Å². The summed E-state index contributed by atoms with van der Waals surface area (Å²) in [4.78, 5) is 20.9. The van der Waals surface area contributed by atoms with Crippen molar-refractivity contribution in [3.05, 3.63) is 69.6 Å². The Morgan fingerprint density at radius 3 is 2.35 bits per heavy atom. The zero-order valence-corrected chi connectivity index (χ0v) is 26.9. The first kappa shape index (κ1) is 34.3. The second kappa shape index (κ2) is 15.5. The molecule has 0 unspecified atom stereocenters. The molecule has 0 atom stereocenters. The number of aromatic nitrogens is 4. The van der Waals surface area contributed by atoms with Gasteiger partial charge in [-0.3, -0.25) is 14.4 Å². The van der Waals surface area contributed by atoms with E-state index in [0.717, 1.165) is 33.8 Å². The minimum atomic E-state index is -4.23. The van der Waals surface area contributed by atoms with Gasteiger partial charge in [-0.15, -0.1) is 16.7 Å². The van der Waals surface area contributed by atoms with E-state index in [2.05, 4.69) is 26.7 Å². The maximum Gasteiger partial charge on any atom is 0.322 e. The van der Waals surface area contributed by atoms with Gasteiger partial charge in [-0.25, -0.2) is 0 Å². The molecular formula is C27H30Cl3FN6O5S. The van der Waals surface area contributed by atoms with Crippen LogP contribution in [0.3, 0.4) is 0 Å². The number of alkyl halides is 1. The van der Waals surface area contributed by atoms with Crippen LogP contribution in [0.15, 0.2) is 47.6 Å². The molecule has 0 saturated heterocycles. The monoisotopic (exact) mass is 674 g/mol. The molecule has 0 fully saturated rings. The lowest BCUT2D eigenvalue weighted by atomic mass is 10.0. The van der Waals surface area contributed by atoms with Gasteiger partial charge < -0.3 is 9.47 Å². The van der Waals surface area contributed by atoms with E-state index < -0.39 is 21.1 Å². The van der Waals surface area contributed by atoms with E-state index in [4.69, 9.17) is 44.3 Å². The number of hydrogen-bond acceptors (Lipinski definition) is 8. The topological polar surface area (TPSA) is 128 Å². The van der Waals surface area contributed by atoms with Crippen molar-refractivity contribution < 1.29 is 27.1 Å². The SMILES string of the molecule is CCOCN(C(=O)CCl)c1c(C)cccc1CC.CCOc1nc(F)cc2nc(S(=O)(=O)Nc3c(Cl)cccc3Cl)nn12. The van der Waals surface area contributed by atoms with Crippen LogP contribution in [0.2, 0.25) is 10.0 Å². The largest absolute Gasteiger partial charge is 0.464 e. The molecule has 11 nitrogen and oxygen atoms in total. The molecule has 0 spiro atoms. The van der Waals surface area contributed by atoms with E-state index in [1.807, 2.05) is 32.0 Å². The molecule has 0 bridgehead atoms. The molecule has 16 heteroatoms. The first-order valence-corrected chi connectivity index (χ1v) is 15.8. The second-order valence-corrected chi connectivity index (χ2v) is 11.3. The van der Waals surface area contributed by atoms with Gasteiger partial charge in [0.15, 0.2) is 5.65 Å². The molecule has 0 saturated carbocycles. The minimum absolute atomic E-state index is 0.0148. The summed E-state index contributed by atoms with van der Waals surface area (Å²) in [5, 5.41) is 3.40. The number of aryl methyl sites for hydroxylation is 2. The van der Waals surface area contributed by atoms with E-state index in [-0.39, 0.29) is 52.5 Å². The molecule has 0 aliphatic heterocycles. The van der Waals surface area contributed by atoms with Crippen LogP contribution in [0.4, 0.5) is 15.8 Å². The summed E-state index contributed by atoms with van der Waals surface area (Å²) in [7, 11) is -4.23. The summed E-state index contributed by atoms with van der Waals surface area (Å²) >= 11 is 17.6. The third-order valence-corrected chi connectivity index (χ3v) is 7.75. The van der Waals surface area contributed by atoms with E-state index in [9.17, 15) is 17.6 Å². The number of sulfonamides is 1. The molecule has 4 aromatic rings. The number of amides is 1. The molecule has 2 aromatic heterocycles. The average molecular weight is 676 g/mol. The Kier molecular flexibility index (Phi) is 12.3. The van der Waals surface area contributed by atoms with Crippen LogP contribution in [-0.2, 0) is 26.0 Å². The highest BCUT2D eigenvalue weighted by Crippen LogP contribution is 2.31. The summed E-state index contributed by atoms with van der Waals surface area (Å²) in [6.45, 7) is 8.63. The molecule has 0 aliphatic carbocycles. The standard InChI is InChI=1S/C14H20ClNO2.C13H10Cl2FN5O3S/c1-4-12-8-6-7-11(3)14(12)16(10-18-5-2)13(17)9-15;1-2-24-13-17-9(16)6-10-18-12(19-21(10)13)25(22,23)20-11-7(14)4-3-5-8(11)15/h6-8H,4-5,9-10H2,1-3H3;3-6,20H,2H2,1H3. The summed E-state index contributed by atoms with van der Waals surface area (Å²) in [5.74, 6) is -1.05. The van der Waals surface area contributed by atoms with Crippen LogP contribution in [0.25, 0.3) is 5.65 Å². The third kappa shape index (κ3) is 8.45. The number of carbonyl (C=O) groups is 1. The highest BCUT2D eigenvalue weighted by molar-refractivity contribution is 7.92. The number of nitrogens with one attached hydrogen (secondary N) is 1. The van der Waals surface area contributed by atoms with E-state index in [1.54, 1.807) is 17.9 Å². The van der Waals surface area contributed by atoms with Gasteiger partial charge >= 0.3 is 6.01 Å². The van der Waals surface area contributed by atoms with Crippen LogP contribution in [0.5, 0.6) is 6.01 Å². The van der Waals surface area contributed by atoms with Gasteiger partial charge in [-0.2, -0.15) is 27.3 Å². The van der Waals surface area contributed by atoms with Crippen molar-refractivity contribution in [2.75, 3.05) is 35.4 Å². The van der Waals surface area contributed by atoms with E-state index in [1.165, 1.54) is 12.1 Å². The molecule has 2 aromatic carbocycles. The number of halogens is 4.